The van der Waals surface area contributed by atoms with Crippen molar-refractivity contribution >= 4 is 39.2 Å². The number of benzene rings is 3. The van der Waals surface area contributed by atoms with Crippen LogP contribution in [-0.4, -0.2) is 33.9 Å². The van der Waals surface area contributed by atoms with Crippen molar-refractivity contribution in [3.8, 4) is 5.75 Å². The molecule has 1 N–H and O–H groups in total. The molecule has 0 fully saturated rings. The number of amides is 1. The van der Waals surface area contributed by atoms with E-state index in [9.17, 15) is 9.59 Å². The Bertz CT molecular complexity index is 1300. The lowest BCUT2D eigenvalue weighted by Gasteiger charge is -2.22. The Hall–Kier alpha value is -3.38. The van der Waals surface area contributed by atoms with E-state index in [0.717, 1.165) is 17.2 Å². The summed E-state index contributed by atoms with van der Waals surface area (Å²) in [4.78, 5) is 34.2. The highest BCUT2D eigenvalue weighted by molar-refractivity contribution is 6.31. The van der Waals surface area contributed by atoms with Crippen molar-refractivity contribution in [3.05, 3.63) is 81.9 Å². The zero-order valence-corrected chi connectivity index (χ0v) is 17.9. The molecule has 1 aromatic heterocycles. The molecule has 7 heteroatoms. The smallest absolute Gasteiger partial charge is 0.260 e. The van der Waals surface area contributed by atoms with Crippen LogP contribution in [0.25, 0.3) is 21.7 Å². The molecule has 0 spiro atoms. The standard InChI is InChI=1S/C24H22ClN3O3/c1-2-12-28(14-22-26-20-13-17(25)10-11-19(20)24(30)27-22)23(29)15-31-21-9-5-7-16-6-3-4-8-18(16)21/h3-11,13H,2,12,14-15H2,1H3,(H,26,27,30). The van der Waals surface area contributed by atoms with E-state index >= 15 is 0 Å². The van der Waals surface area contributed by atoms with Crippen LogP contribution >= 0.6 is 11.6 Å². The van der Waals surface area contributed by atoms with Crippen LogP contribution in [0.5, 0.6) is 5.75 Å². The van der Waals surface area contributed by atoms with Crippen LogP contribution in [0, 0.1) is 0 Å². The van der Waals surface area contributed by atoms with E-state index < -0.39 is 0 Å². The number of aromatic amines is 1. The lowest BCUT2D eigenvalue weighted by Crippen LogP contribution is -2.36. The fourth-order valence-electron chi connectivity index (χ4n) is 3.53. The van der Waals surface area contributed by atoms with E-state index in [1.165, 1.54) is 0 Å². The third kappa shape index (κ3) is 4.70. The predicted molar refractivity (Wildman–Crippen MR) is 123 cm³/mol. The third-order valence-corrected chi connectivity index (χ3v) is 5.24. The van der Waals surface area contributed by atoms with Gasteiger partial charge in [-0.3, -0.25) is 9.59 Å². The molecule has 0 radical (unpaired) electrons. The van der Waals surface area contributed by atoms with Crippen molar-refractivity contribution in [1.82, 2.24) is 14.9 Å². The molecule has 0 saturated carbocycles. The largest absolute Gasteiger partial charge is 0.483 e. The average molecular weight is 436 g/mol. The number of aromatic nitrogens is 2. The molecule has 158 valence electrons. The van der Waals surface area contributed by atoms with Gasteiger partial charge in [-0.05, 0) is 36.1 Å². The van der Waals surface area contributed by atoms with Crippen molar-refractivity contribution in [1.29, 1.82) is 0 Å². The van der Waals surface area contributed by atoms with E-state index in [4.69, 9.17) is 16.3 Å². The Labute approximate surface area is 184 Å². The number of fused-ring (bicyclic) bond motifs is 2. The minimum Gasteiger partial charge on any atom is -0.483 e. The van der Waals surface area contributed by atoms with E-state index in [2.05, 4.69) is 9.97 Å². The van der Waals surface area contributed by atoms with E-state index in [1.807, 2.05) is 49.4 Å². The minimum absolute atomic E-state index is 0.0996. The predicted octanol–water partition coefficient (Wildman–Crippen LogP) is 4.55. The molecule has 4 aromatic rings. The van der Waals surface area contributed by atoms with Gasteiger partial charge in [0.15, 0.2) is 6.61 Å². The summed E-state index contributed by atoms with van der Waals surface area (Å²) in [5.41, 5.74) is 0.245. The topological polar surface area (TPSA) is 75.3 Å². The van der Waals surface area contributed by atoms with Crippen LogP contribution in [0.2, 0.25) is 5.02 Å². The quantitative estimate of drug-likeness (QED) is 0.462. The monoisotopic (exact) mass is 435 g/mol. The molecule has 0 unspecified atom stereocenters. The summed E-state index contributed by atoms with van der Waals surface area (Å²) in [6.45, 7) is 2.60. The van der Waals surface area contributed by atoms with Crippen LogP contribution in [-0.2, 0) is 11.3 Å². The molecule has 6 nitrogen and oxygen atoms in total. The molecule has 3 aromatic carbocycles. The highest BCUT2D eigenvalue weighted by atomic mass is 35.5. The van der Waals surface area contributed by atoms with Crippen LogP contribution in [0.15, 0.2) is 65.5 Å². The molecule has 0 atom stereocenters. The first-order valence-corrected chi connectivity index (χ1v) is 10.5. The van der Waals surface area contributed by atoms with Gasteiger partial charge in [-0.25, -0.2) is 4.98 Å². The lowest BCUT2D eigenvalue weighted by atomic mass is 10.1. The number of hydrogen-bond donors (Lipinski definition) is 1. The summed E-state index contributed by atoms with van der Waals surface area (Å²) >= 11 is 6.04. The molecular weight excluding hydrogens is 414 g/mol. The molecule has 4 rings (SSSR count). The normalized spacial score (nSPS) is 11.0. The van der Waals surface area contributed by atoms with Gasteiger partial charge >= 0.3 is 0 Å². The number of ether oxygens (including phenoxy) is 1. The summed E-state index contributed by atoms with van der Waals surface area (Å²) in [5, 5.41) is 2.97. The van der Waals surface area contributed by atoms with Crippen molar-refractivity contribution < 1.29 is 9.53 Å². The molecule has 0 aliphatic rings. The Morgan fingerprint density at radius 2 is 1.90 bits per heavy atom. The zero-order valence-electron chi connectivity index (χ0n) is 17.1. The molecule has 31 heavy (non-hydrogen) atoms. The second kappa shape index (κ2) is 9.18. The maximum Gasteiger partial charge on any atom is 0.260 e. The van der Waals surface area contributed by atoms with Gasteiger partial charge in [-0.15, -0.1) is 0 Å². The van der Waals surface area contributed by atoms with Crippen molar-refractivity contribution in [2.75, 3.05) is 13.2 Å². The van der Waals surface area contributed by atoms with Crippen molar-refractivity contribution in [3.63, 3.8) is 0 Å². The molecule has 1 amide bonds. The molecular formula is C24H22ClN3O3. The number of rotatable bonds is 7. The number of carbonyl (C=O) groups excluding carboxylic acids is 1. The molecule has 0 aliphatic heterocycles. The van der Waals surface area contributed by atoms with Crippen molar-refractivity contribution in [2.24, 2.45) is 0 Å². The fraction of sp³-hybridized carbons (Fsp3) is 0.208. The second-order valence-electron chi connectivity index (χ2n) is 7.26. The maximum absolute atomic E-state index is 12.9. The van der Waals surface area contributed by atoms with Gasteiger partial charge in [0.2, 0.25) is 0 Å². The van der Waals surface area contributed by atoms with Gasteiger partial charge in [0.25, 0.3) is 11.5 Å². The fourth-order valence-corrected chi connectivity index (χ4v) is 3.70. The zero-order chi connectivity index (χ0) is 21.8. The summed E-state index contributed by atoms with van der Waals surface area (Å²) < 4.78 is 5.85. The first-order chi connectivity index (χ1) is 15.0. The van der Waals surface area contributed by atoms with Crippen LogP contribution in [0.4, 0.5) is 0 Å². The van der Waals surface area contributed by atoms with Gasteiger partial charge < -0.3 is 14.6 Å². The van der Waals surface area contributed by atoms with Gasteiger partial charge in [0.05, 0.1) is 17.4 Å². The lowest BCUT2D eigenvalue weighted by molar-refractivity contribution is -0.134. The summed E-state index contributed by atoms with van der Waals surface area (Å²) in [6.07, 6.45) is 0.768. The van der Waals surface area contributed by atoms with E-state index in [0.29, 0.717) is 34.0 Å². The SMILES string of the molecule is CCCN(Cc1nc2cc(Cl)ccc2c(=O)[nH]1)C(=O)COc1cccc2ccccc12. The highest BCUT2D eigenvalue weighted by Crippen LogP contribution is 2.25. The number of nitrogens with one attached hydrogen (secondary N) is 1. The number of carbonyl (C=O) groups is 1. The van der Waals surface area contributed by atoms with Gasteiger partial charge in [-0.2, -0.15) is 0 Å². The molecule has 0 saturated heterocycles. The Kier molecular flexibility index (Phi) is 6.18. The van der Waals surface area contributed by atoms with Crippen LogP contribution < -0.4 is 10.3 Å². The highest BCUT2D eigenvalue weighted by Gasteiger charge is 2.17. The maximum atomic E-state index is 12.9. The van der Waals surface area contributed by atoms with Gasteiger partial charge in [0, 0.05) is 17.0 Å². The Balaban J connectivity index is 1.52. The average Bonchev–Trinajstić information content (AvgIpc) is 2.77. The Morgan fingerprint density at radius 3 is 2.74 bits per heavy atom. The number of nitrogens with zero attached hydrogens (tertiary/aromatic N) is 2. The first kappa shape index (κ1) is 20.9. The number of hydrogen-bond acceptors (Lipinski definition) is 4. The van der Waals surface area contributed by atoms with Gasteiger partial charge in [0.1, 0.15) is 11.6 Å². The summed E-state index contributed by atoms with van der Waals surface area (Å²) in [5.74, 6) is 0.894. The summed E-state index contributed by atoms with van der Waals surface area (Å²) in [6, 6.07) is 18.6. The first-order valence-electron chi connectivity index (χ1n) is 10.1. The van der Waals surface area contributed by atoms with Crippen LogP contribution in [0.3, 0.4) is 0 Å². The third-order valence-electron chi connectivity index (χ3n) is 5.01. The number of halogens is 1. The second-order valence-corrected chi connectivity index (χ2v) is 7.69. The van der Waals surface area contributed by atoms with Crippen LogP contribution in [0.1, 0.15) is 19.2 Å². The van der Waals surface area contributed by atoms with E-state index in [-0.39, 0.29) is 24.6 Å². The molecule has 0 bridgehead atoms. The van der Waals surface area contributed by atoms with Gasteiger partial charge in [-0.1, -0.05) is 54.9 Å². The summed E-state index contributed by atoms with van der Waals surface area (Å²) in [7, 11) is 0. The molecule has 1 heterocycles. The van der Waals surface area contributed by atoms with E-state index in [1.54, 1.807) is 23.1 Å². The number of H-pyrrole nitrogens is 1. The minimum atomic E-state index is -0.257. The Morgan fingerprint density at radius 1 is 1.10 bits per heavy atom. The molecule has 0 aliphatic carbocycles. The van der Waals surface area contributed by atoms with Crippen molar-refractivity contribution in [2.45, 2.75) is 19.9 Å².